The highest BCUT2D eigenvalue weighted by molar-refractivity contribution is 5.97. The fourth-order valence-electron chi connectivity index (χ4n) is 4.96. The van der Waals surface area contributed by atoms with Gasteiger partial charge in [0, 0.05) is 71.6 Å². The summed E-state index contributed by atoms with van der Waals surface area (Å²) in [5.74, 6) is -2.97. The number of nitrogens with two attached hydrogens (primary N) is 1. The van der Waals surface area contributed by atoms with Gasteiger partial charge in [-0.3, -0.25) is 9.88 Å². The van der Waals surface area contributed by atoms with Crippen molar-refractivity contribution in [3.05, 3.63) is 120 Å². The average Bonchev–Trinajstić information content (AvgIpc) is 3.53. The van der Waals surface area contributed by atoms with Gasteiger partial charge in [0.15, 0.2) is 0 Å². The third-order valence-corrected chi connectivity index (χ3v) is 7.11. The van der Waals surface area contributed by atoms with E-state index in [4.69, 9.17) is 5.73 Å². The van der Waals surface area contributed by atoms with Crippen molar-refractivity contribution >= 4 is 22.2 Å². The van der Waals surface area contributed by atoms with Gasteiger partial charge in [-0.25, -0.2) is 18.2 Å². The van der Waals surface area contributed by atoms with Gasteiger partial charge in [0.25, 0.3) is 5.92 Å². The second-order valence-corrected chi connectivity index (χ2v) is 9.99. The minimum Gasteiger partial charge on any atom is -0.398 e. The van der Waals surface area contributed by atoms with Gasteiger partial charge in [0.1, 0.15) is 11.5 Å². The third-order valence-electron chi connectivity index (χ3n) is 7.11. The fourth-order valence-corrected chi connectivity index (χ4v) is 4.96. The number of fused-ring (bicyclic) bond motifs is 1. The Morgan fingerprint density at radius 3 is 2.67 bits per heavy atom. The molecule has 0 radical (unpaired) electrons. The minimum absolute atomic E-state index is 0.130. The summed E-state index contributed by atoms with van der Waals surface area (Å²) in [6.45, 7) is 10.8. The molecule has 1 aliphatic heterocycles. The lowest BCUT2D eigenvalue weighted by atomic mass is 9.96. The number of rotatable bonds is 8. The van der Waals surface area contributed by atoms with E-state index in [1.807, 2.05) is 25.1 Å². The predicted octanol–water partition coefficient (Wildman–Crippen LogP) is 7.12. The standard InChI is InChI=1S/C32H30F3N5/c1-4-29(36)26(13-20(2)23-14-22(16-37-17-23)18-40-12-10-32(34,35)19-40)21(3)30-15-27-24(9-11-38-31(27)39-30)25-7-5-6-8-28(25)33/h4-9,11,13-17H,2-3,10,12,18-19,36H2,1H3,(H,38,39)/b26-13-,29-4+. The number of aromatic amines is 1. The highest BCUT2D eigenvalue weighted by Crippen LogP contribution is 2.34. The summed E-state index contributed by atoms with van der Waals surface area (Å²) in [6.07, 6.45) is 8.48. The highest BCUT2D eigenvalue weighted by Gasteiger charge is 2.37. The van der Waals surface area contributed by atoms with Crippen molar-refractivity contribution in [2.45, 2.75) is 25.8 Å². The molecule has 0 aliphatic carbocycles. The number of nitrogens with one attached hydrogen (secondary N) is 1. The first-order valence-electron chi connectivity index (χ1n) is 12.9. The zero-order valence-corrected chi connectivity index (χ0v) is 22.2. The first-order chi connectivity index (χ1) is 19.1. The molecule has 0 atom stereocenters. The number of pyridine rings is 2. The van der Waals surface area contributed by atoms with Crippen LogP contribution in [-0.4, -0.2) is 38.9 Å². The maximum absolute atomic E-state index is 14.6. The molecule has 1 aliphatic rings. The van der Waals surface area contributed by atoms with Crippen molar-refractivity contribution in [3.63, 3.8) is 0 Å². The van der Waals surface area contributed by atoms with Gasteiger partial charge in [0.05, 0.1) is 6.54 Å². The number of hydrogen-bond acceptors (Lipinski definition) is 4. The van der Waals surface area contributed by atoms with Gasteiger partial charge in [-0.2, -0.15) is 0 Å². The smallest absolute Gasteiger partial charge is 0.261 e. The van der Waals surface area contributed by atoms with Gasteiger partial charge < -0.3 is 10.7 Å². The van der Waals surface area contributed by atoms with Crippen molar-refractivity contribution < 1.29 is 13.2 Å². The number of H-pyrrole nitrogens is 1. The molecule has 4 heterocycles. The summed E-state index contributed by atoms with van der Waals surface area (Å²) in [6, 6.07) is 12.2. The molecule has 0 bridgehead atoms. The van der Waals surface area contributed by atoms with Gasteiger partial charge in [-0.1, -0.05) is 37.4 Å². The number of halogens is 3. The summed E-state index contributed by atoms with van der Waals surface area (Å²) in [5, 5.41) is 0.755. The summed E-state index contributed by atoms with van der Waals surface area (Å²) >= 11 is 0. The van der Waals surface area contributed by atoms with E-state index in [1.54, 1.807) is 53.8 Å². The molecule has 3 N–H and O–H groups in total. The Morgan fingerprint density at radius 2 is 1.95 bits per heavy atom. The zero-order chi connectivity index (χ0) is 28.4. The Labute approximate surface area is 231 Å². The average molecular weight is 542 g/mol. The Morgan fingerprint density at radius 1 is 1.15 bits per heavy atom. The summed E-state index contributed by atoms with van der Waals surface area (Å²) in [5.41, 5.74) is 12.8. The number of benzene rings is 1. The molecule has 1 fully saturated rings. The second-order valence-electron chi connectivity index (χ2n) is 9.99. The van der Waals surface area contributed by atoms with E-state index in [-0.39, 0.29) is 18.8 Å². The van der Waals surface area contributed by atoms with Crippen LogP contribution in [0.2, 0.25) is 0 Å². The van der Waals surface area contributed by atoms with Crippen LogP contribution in [0.4, 0.5) is 13.2 Å². The van der Waals surface area contributed by atoms with Crippen LogP contribution in [0, 0.1) is 5.82 Å². The lowest BCUT2D eigenvalue weighted by Crippen LogP contribution is -2.24. The van der Waals surface area contributed by atoms with E-state index >= 15 is 0 Å². The van der Waals surface area contributed by atoms with E-state index in [0.717, 1.165) is 16.5 Å². The number of hydrogen-bond donors (Lipinski definition) is 2. The van der Waals surface area contributed by atoms with Crippen LogP contribution >= 0.6 is 0 Å². The summed E-state index contributed by atoms with van der Waals surface area (Å²) in [4.78, 5) is 13.8. The Kier molecular flexibility index (Phi) is 7.45. The van der Waals surface area contributed by atoms with Crippen LogP contribution in [-0.2, 0) is 6.54 Å². The van der Waals surface area contributed by atoms with Gasteiger partial charge >= 0.3 is 0 Å². The first-order valence-corrected chi connectivity index (χ1v) is 12.9. The summed E-state index contributed by atoms with van der Waals surface area (Å²) in [7, 11) is 0. The molecule has 1 saturated heterocycles. The molecule has 204 valence electrons. The topological polar surface area (TPSA) is 70.8 Å². The van der Waals surface area contributed by atoms with E-state index < -0.39 is 5.92 Å². The molecule has 0 saturated carbocycles. The maximum Gasteiger partial charge on any atom is 0.261 e. The molecule has 0 unspecified atom stereocenters. The van der Waals surface area contributed by atoms with E-state index in [0.29, 0.717) is 58.0 Å². The first kappa shape index (κ1) is 27.1. The molecule has 8 heteroatoms. The lowest BCUT2D eigenvalue weighted by Gasteiger charge is -2.16. The van der Waals surface area contributed by atoms with Crippen LogP contribution in [0.15, 0.2) is 97.6 Å². The molecule has 0 spiro atoms. The Hall–Kier alpha value is -4.43. The fraction of sp³-hybridized carbons (Fsp3) is 0.188. The van der Waals surface area contributed by atoms with Crippen LogP contribution in [0.25, 0.3) is 33.3 Å². The molecule has 4 aromatic rings. The van der Waals surface area contributed by atoms with Gasteiger partial charge in [-0.15, -0.1) is 0 Å². The number of aromatic nitrogens is 3. The molecule has 40 heavy (non-hydrogen) atoms. The zero-order valence-electron chi connectivity index (χ0n) is 22.2. The van der Waals surface area contributed by atoms with Crippen molar-refractivity contribution in [3.8, 4) is 11.1 Å². The number of nitrogens with zero attached hydrogens (tertiary/aromatic N) is 3. The van der Waals surface area contributed by atoms with Crippen LogP contribution in [0.3, 0.4) is 0 Å². The molecule has 5 rings (SSSR count). The van der Waals surface area contributed by atoms with Crippen molar-refractivity contribution in [1.29, 1.82) is 0 Å². The number of allylic oxidation sites excluding steroid dienone is 4. The lowest BCUT2D eigenvalue weighted by molar-refractivity contribution is 0.0115. The largest absolute Gasteiger partial charge is 0.398 e. The molecule has 5 nitrogen and oxygen atoms in total. The Balaban J connectivity index is 1.45. The third kappa shape index (κ3) is 5.62. The van der Waals surface area contributed by atoms with Crippen LogP contribution in [0.5, 0.6) is 0 Å². The molecular weight excluding hydrogens is 511 g/mol. The van der Waals surface area contributed by atoms with Crippen molar-refractivity contribution in [2.24, 2.45) is 5.73 Å². The molecule has 0 amide bonds. The normalized spacial score (nSPS) is 16.0. The Bertz CT molecular complexity index is 1660. The quantitative estimate of drug-likeness (QED) is 0.233. The van der Waals surface area contributed by atoms with Crippen LogP contribution < -0.4 is 5.73 Å². The highest BCUT2D eigenvalue weighted by atomic mass is 19.3. The maximum atomic E-state index is 14.6. The SMILES string of the molecule is C=C(/C=C(C(=C)c1cc2c(-c3ccccc3F)ccnc2[nH]1)\C(N)=C/C)c1cncc(CN2CCC(F)(F)C2)c1. The second kappa shape index (κ2) is 11.0. The molecular formula is C32H30F3N5. The summed E-state index contributed by atoms with van der Waals surface area (Å²) < 4.78 is 41.9. The number of alkyl halides is 2. The van der Waals surface area contributed by atoms with Gasteiger partial charge in [0.2, 0.25) is 0 Å². The monoisotopic (exact) mass is 541 g/mol. The molecule has 3 aromatic heterocycles. The molecule has 1 aromatic carbocycles. The van der Waals surface area contributed by atoms with Gasteiger partial charge in [-0.05, 0) is 59.5 Å². The number of likely N-dealkylation sites (tertiary alicyclic amines) is 1. The minimum atomic E-state index is -2.65. The van der Waals surface area contributed by atoms with E-state index in [1.165, 1.54) is 6.07 Å². The van der Waals surface area contributed by atoms with Crippen LogP contribution in [0.1, 0.15) is 30.2 Å². The van der Waals surface area contributed by atoms with Crippen molar-refractivity contribution in [2.75, 3.05) is 13.1 Å². The van der Waals surface area contributed by atoms with Crippen molar-refractivity contribution in [1.82, 2.24) is 19.9 Å². The van der Waals surface area contributed by atoms with E-state index in [2.05, 4.69) is 28.1 Å². The van der Waals surface area contributed by atoms with E-state index in [9.17, 15) is 13.2 Å². The predicted molar refractivity (Wildman–Crippen MR) is 155 cm³/mol.